The maximum absolute atomic E-state index is 12.9. The summed E-state index contributed by atoms with van der Waals surface area (Å²) in [6.45, 7) is 3.35. The number of rotatable bonds is 4. The van der Waals surface area contributed by atoms with Gasteiger partial charge in [-0.05, 0) is 79.3 Å². The zero-order valence-corrected chi connectivity index (χ0v) is 21.1. The number of ketones is 1. The molecular weight excluding hydrogens is 474 g/mol. The molecule has 2 aromatic heterocycles. The fraction of sp³-hybridized carbons (Fsp3) is 0.393. The number of halogens is 1. The minimum absolute atomic E-state index is 0.185. The number of aromatic nitrogens is 2. The van der Waals surface area contributed by atoms with Gasteiger partial charge in [-0.25, -0.2) is 0 Å². The van der Waals surface area contributed by atoms with Gasteiger partial charge in [0.1, 0.15) is 0 Å². The molecule has 172 valence electrons. The first-order valence-corrected chi connectivity index (χ1v) is 12.8. The summed E-state index contributed by atoms with van der Waals surface area (Å²) in [5.74, 6) is 1.43. The molecule has 33 heavy (non-hydrogen) atoms. The lowest BCUT2D eigenvalue weighted by Crippen LogP contribution is -2.39. The van der Waals surface area contributed by atoms with E-state index in [1.165, 1.54) is 42.2 Å². The van der Waals surface area contributed by atoms with Crippen molar-refractivity contribution in [3.8, 4) is 0 Å². The topological polar surface area (TPSA) is 30.2 Å². The SMILES string of the molecule is Cn1ccc2ccc(Br)cc21.Cn1ccc2ccc(C(=O)C3CCCN(CC4CC4)C3)cc21. The normalized spacial score (nSPS) is 18.9. The molecule has 4 nitrogen and oxygen atoms in total. The van der Waals surface area contributed by atoms with Crippen molar-refractivity contribution in [1.82, 2.24) is 14.0 Å². The third-order valence-corrected chi connectivity index (χ3v) is 7.61. The summed E-state index contributed by atoms with van der Waals surface area (Å²) in [4.78, 5) is 15.4. The van der Waals surface area contributed by atoms with Crippen LogP contribution in [-0.2, 0) is 14.1 Å². The Morgan fingerprint density at radius 3 is 2.27 bits per heavy atom. The van der Waals surface area contributed by atoms with Crippen LogP contribution in [0.5, 0.6) is 0 Å². The molecule has 2 aliphatic rings. The molecule has 2 fully saturated rings. The molecule has 1 saturated heterocycles. The van der Waals surface area contributed by atoms with Crippen molar-refractivity contribution in [1.29, 1.82) is 0 Å². The zero-order chi connectivity index (χ0) is 22.9. The van der Waals surface area contributed by atoms with Gasteiger partial charge in [-0.1, -0.05) is 34.1 Å². The number of piperidine rings is 1. The van der Waals surface area contributed by atoms with Gasteiger partial charge in [0.05, 0.1) is 0 Å². The predicted molar refractivity (Wildman–Crippen MR) is 140 cm³/mol. The second-order valence-corrected chi connectivity index (χ2v) is 10.7. The van der Waals surface area contributed by atoms with Gasteiger partial charge >= 0.3 is 0 Å². The number of nitrogens with zero attached hydrogens (tertiary/aromatic N) is 3. The monoisotopic (exact) mass is 505 g/mol. The first-order valence-electron chi connectivity index (χ1n) is 12.0. The van der Waals surface area contributed by atoms with Crippen molar-refractivity contribution in [2.24, 2.45) is 25.9 Å². The maximum Gasteiger partial charge on any atom is 0.167 e. The second kappa shape index (κ2) is 9.47. The minimum Gasteiger partial charge on any atom is -0.351 e. The van der Waals surface area contributed by atoms with Crippen molar-refractivity contribution in [3.63, 3.8) is 0 Å². The molecule has 5 heteroatoms. The lowest BCUT2D eigenvalue weighted by atomic mass is 9.89. The number of aryl methyl sites for hydroxylation is 2. The lowest BCUT2D eigenvalue weighted by molar-refractivity contribution is 0.0815. The maximum atomic E-state index is 12.9. The highest BCUT2D eigenvalue weighted by molar-refractivity contribution is 9.10. The molecule has 1 atom stereocenters. The summed E-state index contributed by atoms with van der Waals surface area (Å²) in [7, 11) is 4.09. The van der Waals surface area contributed by atoms with Gasteiger partial charge in [0.15, 0.2) is 5.78 Å². The number of likely N-dealkylation sites (tertiary alicyclic amines) is 1. The first kappa shape index (κ1) is 22.4. The van der Waals surface area contributed by atoms with Crippen molar-refractivity contribution in [3.05, 3.63) is 71.0 Å². The summed E-state index contributed by atoms with van der Waals surface area (Å²) in [6, 6.07) is 16.6. The van der Waals surface area contributed by atoms with Crippen molar-refractivity contribution >= 4 is 43.5 Å². The molecule has 0 spiro atoms. The first-order chi connectivity index (χ1) is 16.0. The number of hydrogen-bond acceptors (Lipinski definition) is 2. The van der Waals surface area contributed by atoms with Crippen molar-refractivity contribution < 1.29 is 4.79 Å². The average Bonchev–Trinajstić information content (AvgIpc) is 3.47. The highest BCUT2D eigenvalue weighted by Gasteiger charge is 2.30. The molecule has 0 radical (unpaired) electrons. The Labute approximate surface area is 204 Å². The molecule has 0 bridgehead atoms. The third-order valence-electron chi connectivity index (χ3n) is 7.11. The smallest absolute Gasteiger partial charge is 0.167 e. The van der Waals surface area contributed by atoms with E-state index in [0.717, 1.165) is 40.9 Å². The summed E-state index contributed by atoms with van der Waals surface area (Å²) in [6.07, 6.45) is 9.10. The van der Waals surface area contributed by atoms with Crippen LogP contribution in [0.15, 0.2) is 65.4 Å². The summed E-state index contributed by atoms with van der Waals surface area (Å²) in [5.41, 5.74) is 3.29. The molecule has 2 aromatic carbocycles. The van der Waals surface area contributed by atoms with E-state index in [9.17, 15) is 4.79 Å². The number of carbonyl (C=O) groups is 1. The number of Topliss-reactive ketones (excluding diaryl/α,β-unsaturated/α-hetero) is 1. The van der Waals surface area contributed by atoms with Gasteiger partial charge in [-0.15, -0.1) is 0 Å². The van der Waals surface area contributed by atoms with Crippen LogP contribution in [0.4, 0.5) is 0 Å². The molecule has 0 amide bonds. The summed E-state index contributed by atoms with van der Waals surface area (Å²) >= 11 is 3.44. The molecule has 6 rings (SSSR count). The Hall–Kier alpha value is -2.37. The number of fused-ring (bicyclic) bond motifs is 2. The summed E-state index contributed by atoms with van der Waals surface area (Å²) < 4.78 is 5.33. The quantitative estimate of drug-likeness (QED) is 0.299. The van der Waals surface area contributed by atoms with Gasteiger partial charge in [-0.3, -0.25) is 4.79 Å². The van der Waals surface area contributed by atoms with Crippen LogP contribution in [0.3, 0.4) is 0 Å². The lowest BCUT2D eigenvalue weighted by Gasteiger charge is -2.32. The average molecular weight is 506 g/mol. The molecule has 1 unspecified atom stereocenters. The third kappa shape index (κ3) is 5.10. The Kier molecular flexibility index (Phi) is 6.44. The largest absolute Gasteiger partial charge is 0.351 e. The van der Waals surface area contributed by atoms with E-state index in [1.807, 2.05) is 13.1 Å². The van der Waals surface area contributed by atoms with Crippen molar-refractivity contribution in [2.45, 2.75) is 25.7 Å². The Bertz CT molecular complexity index is 1280. The van der Waals surface area contributed by atoms with Crippen molar-refractivity contribution in [2.75, 3.05) is 19.6 Å². The van der Waals surface area contributed by atoms with Crippen LogP contribution in [-0.4, -0.2) is 39.5 Å². The van der Waals surface area contributed by atoms with E-state index in [-0.39, 0.29) is 5.92 Å². The second-order valence-electron chi connectivity index (χ2n) is 9.74. The molecule has 3 heterocycles. The van der Waals surface area contributed by atoms with E-state index < -0.39 is 0 Å². The fourth-order valence-corrected chi connectivity index (χ4v) is 5.34. The number of carbonyl (C=O) groups excluding carboxylic acids is 1. The van der Waals surface area contributed by atoms with E-state index in [0.29, 0.717) is 5.78 Å². The molecule has 1 saturated carbocycles. The van der Waals surface area contributed by atoms with Crippen LogP contribution in [0.2, 0.25) is 0 Å². The summed E-state index contributed by atoms with van der Waals surface area (Å²) in [5, 5.41) is 2.49. The van der Waals surface area contributed by atoms with E-state index >= 15 is 0 Å². The van der Waals surface area contributed by atoms with Crippen LogP contribution < -0.4 is 0 Å². The molecule has 4 aromatic rings. The Morgan fingerprint density at radius 1 is 0.909 bits per heavy atom. The molecule has 0 N–H and O–H groups in total. The zero-order valence-electron chi connectivity index (χ0n) is 19.5. The van der Waals surface area contributed by atoms with Gasteiger partial charge in [0.25, 0.3) is 0 Å². The minimum atomic E-state index is 0.185. The predicted octanol–water partition coefficient (Wildman–Crippen LogP) is 6.42. The molecule has 1 aliphatic heterocycles. The molecular formula is C28H32BrN3O. The standard InChI is InChI=1S/C19H24N2O.C9H8BrN/c1-20-10-8-15-6-7-16(11-18(15)20)19(22)17-3-2-9-21(13-17)12-14-4-5-14;1-11-5-4-7-2-3-8(10)6-9(7)11/h6-8,10-11,14,17H,2-5,9,12-13H2,1H3;2-6H,1H3. The van der Waals surface area contributed by atoms with Gasteiger partial charge in [0, 0.05) is 66.6 Å². The Balaban J connectivity index is 0.000000174. The van der Waals surface area contributed by atoms with Gasteiger partial charge < -0.3 is 14.0 Å². The highest BCUT2D eigenvalue weighted by atomic mass is 79.9. The van der Waals surface area contributed by atoms with Gasteiger partial charge in [0.2, 0.25) is 0 Å². The van der Waals surface area contributed by atoms with Gasteiger partial charge in [-0.2, -0.15) is 0 Å². The van der Waals surface area contributed by atoms with E-state index in [1.54, 1.807) is 0 Å². The van der Waals surface area contributed by atoms with Crippen LogP contribution >= 0.6 is 15.9 Å². The number of benzene rings is 2. The highest BCUT2D eigenvalue weighted by Crippen LogP contribution is 2.32. The number of hydrogen-bond donors (Lipinski definition) is 0. The Morgan fingerprint density at radius 2 is 1.58 bits per heavy atom. The van der Waals surface area contributed by atoms with E-state index in [2.05, 4.69) is 91.9 Å². The fourth-order valence-electron chi connectivity index (χ4n) is 4.99. The van der Waals surface area contributed by atoms with Crippen LogP contribution in [0.1, 0.15) is 36.0 Å². The van der Waals surface area contributed by atoms with Crippen LogP contribution in [0.25, 0.3) is 21.8 Å². The van der Waals surface area contributed by atoms with E-state index in [4.69, 9.17) is 0 Å². The molecule has 1 aliphatic carbocycles. The van der Waals surface area contributed by atoms with Crippen LogP contribution in [0, 0.1) is 11.8 Å².